The normalized spacial score (nSPS) is 13.7. The molecule has 0 N–H and O–H groups in total. The molecule has 46 heavy (non-hydrogen) atoms. The summed E-state index contributed by atoms with van der Waals surface area (Å²) in [5, 5.41) is 0. The minimum absolute atomic E-state index is 0.00554. The highest BCUT2D eigenvalue weighted by molar-refractivity contribution is 5.92. The predicted molar refractivity (Wildman–Crippen MR) is 189 cm³/mol. The zero-order chi connectivity index (χ0) is 33.3. The molecule has 0 saturated carbocycles. The van der Waals surface area contributed by atoms with Crippen LogP contribution in [0.4, 0.5) is 0 Å². The molecule has 0 radical (unpaired) electrons. The van der Waals surface area contributed by atoms with Crippen molar-refractivity contribution >= 4 is 17.9 Å². The fourth-order valence-corrected chi connectivity index (χ4v) is 5.07. The summed E-state index contributed by atoms with van der Waals surface area (Å²) < 4.78 is 15.5. The third kappa shape index (κ3) is 24.4. The van der Waals surface area contributed by atoms with Crippen LogP contribution in [0.3, 0.4) is 0 Å². The van der Waals surface area contributed by atoms with Gasteiger partial charge in [0.2, 0.25) is 0 Å². The van der Waals surface area contributed by atoms with Gasteiger partial charge in [-0.2, -0.15) is 0 Å². The SMILES string of the molecule is CCCCCC=CCC=CCCCCCCCC(=O)OC1=C(OC(=O)CCCCCCCC=CCC=CCCCCC)C(=O)OC1. The van der Waals surface area contributed by atoms with E-state index >= 15 is 0 Å². The van der Waals surface area contributed by atoms with Gasteiger partial charge in [-0.05, 0) is 77.0 Å². The molecule has 1 aliphatic rings. The highest BCUT2D eigenvalue weighted by Crippen LogP contribution is 2.21. The number of ether oxygens (including phenoxy) is 3. The highest BCUT2D eigenvalue weighted by Gasteiger charge is 2.32. The van der Waals surface area contributed by atoms with E-state index in [0.717, 1.165) is 83.5 Å². The Balaban J connectivity index is 2.09. The minimum Gasteiger partial charge on any atom is -0.451 e. The highest BCUT2D eigenvalue weighted by atomic mass is 16.6. The molecule has 1 rings (SSSR count). The first-order valence-electron chi connectivity index (χ1n) is 18.5. The average Bonchev–Trinajstić information content (AvgIpc) is 3.38. The Morgan fingerprint density at radius 2 is 0.935 bits per heavy atom. The quantitative estimate of drug-likeness (QED) is 0.0336. The van der Waals surface area contributed by atoms with Crippen LogP contribution in [0, 0.1) is 0 Å². The maximum absolute atomic E-state index is 12.3. The lowest BCUT2D eigenvalue weighted by Gasteiger charge is -2.07. The van der Waals surface area contributed by atoms with Crippen LogP contribution in [-0.4, -0.2) is 24.5 Å². The molecular weight excluding hydrogens is 576 g/mol. The average molecular weight is 641 g/mol. The lowest BCUT2D eigenvalue weighted by molar-refractivity contribution is -0.148. The standard InChI is InChI=1S/C40H64O6/c1-3-5-7-9-11-13-15-17-19-21-23-25-27-29-31-33-37(41)45-36-35-44-40(43)39(36)46-38(42)34-32-30-28-26-24-22-20-18-16-14-12-10-8-6-4-2/h11-14,17-20H,3-10,15-16,21-35H2,1-2H3. The van der Waals surface area contributed by atoms with Gasteiger partial charge < -0.3 is 14.2 Å². The van der Waals surface area contributed by atoms with Crippen LogP contribution in [0.2, 0.25) is 0 Å². The first-order valence-corrected chi connectivity index (χ1v) is 18.5. The number of allylic oxidation sites excluding steroid dienone is 8. The van der Waals surface area contributed by atoms with E-state index in [-0.39, 0.29) is 31.0 Å². The molecule has 0 saturated heterocycles. The summed E-state index contributed by atoms with van der Waals surface area (Å²) in [5.74, 6) is -1.96. The molecule has 1 heterocycles. The second-order valence-electron chi connectivity index (χ2n) is 12.2. The zero-order valence-corrected chi connectivity index (χ0v) is 29.2. The number of hydrogen-bond acceptors (Lipinski definition) is 6. The van der Waals surface area contributed by atoms with Crippen molar-refractivity contribution in [3.8, 4) is 0 Å². The lowest BCUT2D eigenvalue weighted by Crippen LogP contribution is -2.12. The Labute approximate surface area is 280 Å². The van der Waals surface area contributed by atoms with Gasteiger partial charge in [0.15, 0.2) is 12.4 Å². The summed E-state index contributed by atoms with van der Waals surface area (Å²) in [4.78, 5) is 36.7. The fourth-order valence-electron chi connectivity index (χ4n) is 5.07. The zero-order valence-electron chi connectivity index (χ0n) is 29.2. The molecule has 0 unspecified atom stereocenters. The summed E-state index contributed by atoms with van der Waals surface area (Å²) in [6.07, 6.45) is 42.8. The molecule has 6 heteroatoms. The van der Waals surface area contributed by atoms with E-state index < -0.39 is 17.9 Å². The summed E-state index contributed by atoms with van der Waals surface area (Å²) in [6.45, 7) is 4.27. The van der Waals surface area contributed by atoms with E-state index in [9.17, 15) is 14.4 Å². The lowest BCUT2D eigenvalue weighted by atomic mass is 10.1. The number of hydrogen-bond donors (Lipinski definition) is 0. The number of carbonyl (C=O) groups is 3. The van der Waals surface area contributed by atoms with E-state index in [2.05, 4.69) is 62.5 Å². The van der Waals surface area contributed by atoms with E-state index in [1.807, 2.05) is 0 Å². The molecule has 0 spiro atoms. The second kappa shape index (κ2) is 30.7. The first kappa shape index (κ1) is 41.1. The monoisotopic (exact) mass is 640 g/mol. The molecule has 0 bridgehead atoms. The first-order chi connectivity index (χ1) is 22.6. The van der Waals surface area contributed by atoms with E-state index in [1.165, 1.54) is 51.4 Å². The van der Waals surface area contributed by atoms with E-state index in [0.29, 0.717) is 6.42 Å². The molecular formula is C40H64O6. The number of carbonyl (C=O) groups excluding carboxylic acids is 3. The van der Waals surface area contributed by atoms with E-state index in [4.69, 9.17) is 14.2 Å². The van der Waals surface area contributed by atoms with Crippen molar-refractivity contribution in [1.82, 2.24) is 0 Å². The van der Waals surface area contributed by atoms with Gasteiger partial charge in [-0.3, -0.25) is 9.59 Å². The van der Waals surface area contributed by atoms with Gasteiger partial charge in [-0.15, -0.1) is 0 Å². The largest absolute Gasteiger partial charge is 0.451 e. The number of cyclic esters (lactones) is 1. The number of rotatable bonds is 30. The second-order valence-corrected chi connectivity index (χ2v) is 12.2. The Hall–Kier alpha value is -2.89. The molecule has 0 aromatic carbocycles. The topological polar surface area (TPSA) is 78.9 Å². The van der Waals surface area contributed by atoms with Gasteiger partial charge >= 0.3 is 17.9 Å². The Kier molecular flexibility index (Phi) is 27.5. The fraction of sp³-hybridized carbons (Fsp3) is 0.675. The molecule has 0 aromatic rings. The van der Waals surface area contributed by atoms with Crippen LogP contribution in [0.15, 0.2) is 60.1 Å². The van der Waals surface area contributed by atoms with Crippen molar-refractivity contribution in [2.24, 2.45) is 0 Å². The van der Waals surface area contributed by atoms with Gasteiger partial charge in [-0.25, -0.2) is 4.79 Å². The van der Waals surface area contributed by atoms with Crippen LogP contribution < -0.4 is 0 Å². The van der Waals surface area contributed by atoms with Crippen molar-refractivity contribution in [2.75, 3.05) is 6.61 Å². The van der Waals surface area contributed by atoms with Crippen molar-refractivity contribution in [1.29, 1.82) is 0 Å². The van der Waals surface area contributed by atoms with Crippen LogP contribution >= 0.6 is 0 Å². The Morgan fingerprint density at radius 3 is 1.39 bits per heavy atom. The molecule has 260 valence electrons. The number of unbranched alkanes of at least 4 members (excludes halogenated alkanes) is 16. The molecule has 0 atom stereocenters. The Bertz CT molecular complexity index is 955. The van der Waals surface area contributed by atoms with Gasteiger partial charge in [-0.1, -0.05) is 127 Å². The maximum atomic E-state index is 12.3. The number of esters is 3. The molecule has 0 amide bonds. The molecule has 1 aliphatic heterocycles. The van der Waals surface area contributed by atoms with Gasteiger partial charge in [0.05, 0.1) is 0 Å². The summed E-state index contributed by atoms with van der Waals surface area (Å²) in [7, 11) is 0. The van der Waals surface area contributed by atoms with Crippen LogP contribution in [0.5, 0.6) is 0 Å². The van der Waals surface area contributed by atoms with E-state index in [1.54, 1.807) is 0 Å². The van der Waals surface area contributed by atoms with Gasteiger partial charge in [0.25, 0.3) is 5.76 Å². The summed E-state index contributed by atoms with van der Waals surface area (Å²) in [5.41, 5.74) is 0. The molecule has 0 aliphatic carbocycles. The van der Waals surface area contributed by atoms with Crippen LogP contribution in [0.25, 0.3) is 0 Å². The molecule has 0 aromatic heterocycles. The smallest absolute Gasteiger partial charge is 0.378 e. The van der Waals surface area contributed by atoms with Crippen molar-refractivity contribution < 1.29 is 28.6 Å². The van der Waals surface area contributed by atoms with Crippen LogP contribution in [0.1, 0.15) is 168 Å². The van der Waals surface area contributed by atoms with Gasteiger partial charge in [0, 0.05) is 12.8 Å². The van der Waals surface area contributed by atoms with Crippen molar-refractivity contribution in [2.45, 2.75) is 168 Å². The Morgan fingerprint density at radius 1 is 0.543 bits per heavy atom. The third-order valence-electron chi connectivity index (χ3n) is 7.89. The molecule has 6 nitrogen and oxygen atoms in total. The maximum Gasteiger partial charge on any atom is 0.378 e. The summed E-state index contributed by atoms with van der Waals surface area (Å²) in [6, 6.07) is 0. The predicted octanol–water partition coefficient (Wildman–Crippen LogP) is 11.5. The van der Waals surface area contributed by atoms with Crippen molar-refractivity contribution in [3.05, 3.63) is 60.1 Å². The molecule has 0 fully saturated rings. The minimum atomic E-state index is -0.756. The summed E-state index contributed by atoms with van der Waals surface area (Å²) >= 11 is 0. The van der Waals surface area contributed by atoms with Crippen LogP contribution in [-0.2, 0) is 28.6 Å². The van der Waals surface area contributed by atoms with Gasteiger partial charge in [0.1, 0.15) is 0 Å². The van der Waals surface area contributed by atoms with Crippen molar-refractivity contribution in [3.63, 3.8) is 0 Å². The third-order valence-corrected chi connectivity index (χ3v) is 7.89.